The lowest BCUT2D eigenvalue weighted by Gasteiger charge is -1.99. The van der Waals surface area contributed by atoms with E-state index in [2.05, 4.69) is 20.9 Å². The average Bonchev–Trinajstić information content (AvgIpc) is 2.78. The first-order valence-electron chi connectivity index (χ1n) is 5.61. The van der Waals surface area contributed by atoms with Gasteiger partial charge in [-0.15, -0.1) is 11.3 Å². The minimum atomic E-state index is 0.0487. The van der Waals surface area contributed by atoms with E-state index >= 15 is 0 Å². The molecule has 0 amide bonds. The molecule has 94 valence electrons. The number of halogens is 1. The molecule has 0 saturated carbocycles. The molecule has 0 aliphatic rings. The number of hydrogen-bond donors (Lipinski definition) is 1. The van der Waals surface area contributed by atoms with Gasteiger partial charge in [0.25, 0.3) is 0 Å². The highest BCUT2D eigenvalue weighted by Gasteiger charge is 2.11. The van der Waals surface area contributed by atoms with Crippen LogP contribution >= 0.6 is 27.3 Å². The lowest BCUT2D eigenvalue weighted by atomic mass is 10.1. The smallest absolute Gasteiger partial charge is 0.186 e. The molecule has 1 aromatic carbocycles. The number of nitrogens with zero attached hydrogens (tertiary/aromatic N) is 1. The van der Waals surface area contributed by atoms with Crippen LogP contribution in [-0.4, -0.2) is 17.3 Å². The molecule has 0 saturated heterocycles. The van der Waals surface area contributed by atoms with E-state index < -0.39 is 0 Å². The molecule has 1 aromatic heterocycles. The predicted octanol–water partition coefficient (Wildman–Crippen LogP) is 2.83. The third-order valence-corrected chi connectivity index (χ3v) is 3.85. The first kappa shape index (κ1) is 13.4. The van der Waals surface area contributed by atoms with Gasteiger partial charge in [0.2, 0.25) is 0 Å². The molecule has 0 radical (unpaired) electrons. The van der Waals surface area contributed by atoms with Crippen molar-refractivity contribution in [2.45, 2.75) is 12.8 Å². The maximum Gasteiger partial charge on any atom is 0.186 e. The summed E-state index contributed by atoms with van der Waals surface area (Å²) in [6.45, 7) is 0.562. The van der Waals surface area contributed by atoms with Gasteiger partial charge in [-0.3, -0.25) is 4.79 Å². The third-order valence-electron chi connectivity index (χ3n) is 2.45. The van der Waals surface area contributed by atoms with Gasteiger partial charge in [-0.05, 0) is 24.2 Å². The maximum absolute atomic E-state index is 12.0. The molecule has 0 aliphatic heterocycles. The largest absolute Gasteiger partial charge is 0.330 e. The van der Waals surface area contributed by atoms with Gasteiger partial charge in [-0.2, -0.15) is 0 Å². The molecule has 2 aromatic rings. The van der Waals surface area contributed by atoms with E-state index in [0.29, 0.717) is 18.7 Å². The second kappa shape index (κ2) is 6.22. The molecule has 0 unspecified atom stereocenters. The summed E-state index contributed by atoms with van der Waals surface area (Å²) in [5.41, 5.74) is 7.00. The van der Waals surface area contributed by atoms with Crippen LogP contribution in [0, 0.1) is 0 Å². The van der Waals surface area contributed by atoms with Crippen LogP contribution < -0.4 is 5.73 Å². The predicted molar refractivity (Wildman–Crippen MR) is 77.0 cm³/mol. The van der Waals surface area contributed by atoms with Gasteiger partial charge >= 0.3 is 0 Å². The minimum Gasteiger partial charge on any atom is -0.330 e. The van der Waals surface area contributed by atoms with Crippen LogP contribution in [0.4, 0.5) is 0 Å². The molecule has 2 rings (SSSR count). The molecule has 0 bridgehead atoms. The van der Waals surface area contributed by atoms with Crippen molar-refractivity contribution >= 4 is 33.0 Å². The Balaban J connectivity index is 2.07. The molecule has 5 heteroatoms. The van der Waals surface area contributed by atoms with Gasteiger partial charge in [0, 0.05) is 22.7 Å². The fourth-order valence-electron chi connectivity index (χ4n) is 1.60. The zero-order valence-corrected chi connectivity index (χ0v) is 12.1. The molecular formula is C13H13BrN2OS. The van der Waals surface area contributed by atoms with Crippen LogP contribution in [-0.2, 0) is 12.8 Å². The number of hydrogen-bond acceptors (Lipinski definition) is 4. The Morgan fingerprint density at radius 1 is 1.44 bits per heavy atom. The van der Waals surface area contributed by atoms with Crippen molar-refractivity contribution in [3.05, 3.63) is 50.4 Å². The molecule has 0 fully saturated rings. The van der Waals surface area contributed by atoms with Gasteiger partial charge < -0.3 is 5.73 Å². The fourth-order valence-corrected chi connectivity index (χ4v) is 2.87. The van der Waals surface area contributed by atoms with E-state index in [1.807, 2.05) is 29.6 Å². The summed E-state index contributed by atoms with van der Waals surface area (Å²) in [4.78, 5) is 16.3. The number of nitrogens with two attached hydrogens (primary N) is 1. The lowest BCUT2D eigenvalue weighted by Crippen LogP contribution is -2.06. The zero-order valence-electron chi connectivity index (χ0n) is 9.73. The number of carbonyl (C=O) groups excluding carboxylic acids is 1. The van der Waals surface area contributed by atoms with Crippen molar-refractivity contribution in [1.82, 2.24) is 4.98 Å². The summed E-state index contributed by atoms with van der Waals surface area (Å²) in [5, 5.41) is 2.74. The standard InChI is InChI=1S/C13H13BrN2OS/c14-10-3-1-2-9(6-10)7-12(17)11-8-18-13(16-11)4-5-15/h1-3,6,8H,4-5,7,15H2. The van der Waals surface area contributed by atoms with Crippen LogP contribution in [0.2, 0.25) is 0 Å². The van der Waals surface area contributed by atoms with Crippen molar-refractivity contribution in [2.75, 3.05) is 6.54 Å². The quantitative estimate of drug-likeness (QED) is 0.860. The fraction of sp³-hybridized carbons (Fsp3) is 0.231. The van der Waals surface area contributed by atoms with Gasteiger partial charge in [0.1, 0.15) is 5.69 Å². The number of thiazole rings is 1. The first-order valence-corrected chi connectivity index (χ1v) is 7.28. The number of ketones is 1. The van der Waals surface area contributed by atoms with Crippen LogP contribution in [0.15, 0.2) is 34.1 Å². The van der Waals surface area contributed by atoms with Crippen molar-refractivity contribution in [1.29, 1.82) is 0 Å². The summed E-state index contributed by atoms with van der Waals surface area (Å²) in [5.74, 6) is 0.0487. The van der Waals surface area contributed by atoms with Gasteiger partial charge in [0.15, 0.2) is 5.78 Å². The number of Topliss-reactive ketones (excluding diaryl/α,β-unsaturated/α-hetero) is 1. The van der Waals surface area contributed by atoms with E-state index in [1.165, 1.54) is 11.3 Å². The number of rotatable bonds is 5. The second-order valence-electron chi connectivity index (χ2n) is 3.90. The van der Waals surface area contributed by atoms with Gasteiger partial charge in [-0.25, -0.2) is 4.98 Å². The van der Waals surface area contributed by atoms with Gasteiger partial charge in [0.05, 0.1) is 5.01 Å². The summed E-state index contributed by atoms with van der Waals surface area (Å²) in [6.07, 6.45) is 1.11. The Kier molecular flexibility index (Phi) is 4.63. The summed E-state index contributed by atoms with van der Waals surface area (Å²) >= 11 is 4.89. The van der Waals surface area contributed by atoms with Crippen LogP contribution in [0.3, 0.4) is 0 Å². The SMILES string of the molecule is NCCc1nc(C(=O)Cc2cccc(Br)c2)cs1. The molecule has 0 spiro atoms. The summed E-state index contributed by atoms with van der Waals surface area (Å²) in [7, 11) is 0. The Bertz CT molecular complexity index is 553. The lowest BCUT2D eigenvalue weighted by molar-refractivity contribution is 0.0988. The third kappa shape index (κ3) is 3.48. The average molecular weight is 325 g/mol. The Morgan fingerprint density at radius 3 is 3.00 bits per heavy atom. The van der Waals surface area contributed by atoms with Crippen molar-refractivity contribution in [3.63, 3.8) is 0 Å². The second-order valence-corrected chi connectivity index (χ2v) is 5.75. The number of aromatic nitrogens is 1. The van der Waals surface area contributed by atoms with Crippen LogP contribution in [0.1, 0.15) is 21.1 Å². The Hall–Kier alpha value is -1.04. The van der Waals surface area contributed by atoms with E-state index in [4.69, 9.17) is 5.73 Å². The molecule has 1 heterocycles. The van der Waals surface area contributed by atoms with Gasteiger partial charge in [-0.1, -0.05) is 28.1 Å². The minimum absolute atomic E-state index is 0.0487. The van der Waals surface area contributed by atoms with E-state index in [1.54, 1.807) is 0 Å². The molecule has 2 N–H and O–H groups in total. The topological polar surface area (TPSA) is 56.0 Å². The van der Waals surface area contributed by atoms with Crippen LogP contribution in [0.25, 0.3) is 0 Å². The highest BCUT2D eigenvalue weighted by Crippen LogP contribution is 2.15. The summed E-state index contributed by atoms with van der Waals surface area (Å²) in [6, 6.07) is 7.75. The van der Waals surface area contributed by atoms with Crippen LogP contribution in [0.5, 0.6) is 0 Å². The normalized spacial score (nSPS) is 10.6. The Labute approximate surface area is 118 Å². The molecule has 18 heavy (non-hydrogen) atoms. The molecule has 0 aliphatic carbocycles. The Morgan fingerprint density at radius 2 is 2.28 bits per heavy atom. The number of carbonyl (C=O) groups is 1. The monoisotopic (exact) mass is 324 g/mol. The van der Waals surface area contributed by atoms with E-state index in [-0.39, 0.29) is 5.78 Å². The molecule has 3 nitrogen and oxygen atoms in total. The van der Waals surface area contributed by atoms with Crippen molar-refractivity contribution in [3.8, 4) is 0 Å². The van der Waals surface area contributed by atoms with E-state index in [9.17, 15) is 4.79 Å². The van der Waals surface area contributed by atoms with Crippen molar-refractivity contribution in [2.24, 2.45) is 5.73 Å². The number of benzene rings is 1. The maximum atomic E-state index is 12.0. The first-order chi connectivity index (χ1) is 8.69. The molecular weight excluding hydrogens is 312 g/mol. The van der Waals surface area contributed by atoms with E-state index in [0.717, 1.165) is 21.5 Å². The highest BCUT2D eigenvalue weighted by atomic mass is 79.9. The summed E-state index contributed by atoms with van der Waals surface area (Å²) < 4.78 is 0.981. The highest BCUT2D eigenvalue weighted by molar-refractivity contribution is 9.10. The molecule has 0 atom stereocenters. The van der Waals surface area contributed by atoms with Crippen molar-refractivity contribution < 1.29 is 4.79 Å². The zero-order chi connectivity index (χ0) is 13.0.